The second-order valence-corrected chi connectivity index (χ2v) is 7.34. The summed E-state index contributed by atoms with van der Waals surface area (Å²) in [5.74, 6) is 0. The Morgan fingerprint density at radius 2 is 1.89 bits per heavy atom. The van der Waals surface area contributed by atoms with Crippen molar-refractivity contribution in [2.75, 3.05) is 18.9 Å². The maximum atomic E-state index is 12.2. The van der Waals surface area contributed by atoms with Gasteiger partial charge in [-0.25, -0.2) is 13.1 Å². The molecule has 0 aliphatic rings. The van der Waals surface area contributed by atoms with Crippen LogP contribution >= 0.6 is 31.9 Å². The molecule has 0 aliphatic heterocycles. The van der Waals surface area contributed by atoms with Crippen molar-refractivity contribution in [2.45, 2.75) is 24.8 Å². The summed E-state index contributed by atoms with van der Waals surface area (Å²) in [5.41, 5.74) is 6.11. The minimum absolute atomic E-state index is 0.130. The molecule has 5 nitrogen and oxygen atoms in total. The van der Waals surface area contributed by atoms with Crippen molar-refractivity contribution >= 4 is 47.6 Å². The molecule has 0 amide bonds. The molecule has 0 saturated carbocycles. The molecular weight excluding hydrogens is 400 g/mol. The summed E-state index contributed by atoms with van der Waals surface area (Å²) < 4.78 is 33.1. The van der Waals surface area contributed by atoms with Gasteiger partial charge in [0.2, 0.25) is 10.0 Å². The van der Waals surface area contributed by atoms with Crippen LogP contribution in [0.3, 0.4) is 0 Å². The van der Waals surface area contributed by atoms with Gasteiger partial charge in [0.25, 0.3) is 0 Å². The van der Waals surface area contributed by atoms with Gasteiger partial charge in [-0.15, -0.1) is 0 Å². The first-order valence-electron chi connectivity index (χ1n) is 5.63. The van der Waals surface area contributed by atoms with Crippen LogP contribution < -0.4 is 10.5 Å². The van der Waals surface area contributed by atoms with Crippen molar-refractivity contribution < 1.29 is 13.2 Å². The van der Waals surface area contributed by atoms with Gasteiger partial charge >= 0.3 is 0 Å². The molecule has 108 valence electrons. The van der Waals surface area contributed by atoms with Gasteiger partial charge in [0.1, 0.15) is 4.90 Å². The van der Waals surface area contributed by atoms with Crippen LogP contribution in [0.15, 0.2) is 26.0 Å². The molecule has 0 aromatic heterocycles. The number of nitrogens with two attached hydrogens (primary N) is 1. The Bertz CT molecular complexity index is 526. The quantitative estimate of drug-likeness (QED) is 0.699. The van der Waals surface area contributed by atoms with Crippen LogP contribution in [-0.2, 0) is 14.8 Å². The number of ether oxygens (including phenoxy) is 1. The molecule has 1 unspecified atom stereocenters. The molecule has 0 heterocycles. The number of sulfonamides is 1. The van der Waals surface area contributed by atoms with Crippen LogP contribution in [0.5, 0.6) is 0 Å². The molecule has 0 spiro atoms. The maximum absolute atomic E-state index is 12.2. The van der Waals surface area contributed by atoms with Gasteiger partial charge in [-0.05, 0) is 57.8 Å². The monoisotopic (exact) mass is 414 g/mol. The summed E-state index contributed by atoms with van der Waals surface area (Å²) in [6, 6.07) is 3.09. The topological polar surface area (TPSA) is 81.4 Å². The molecule has 1 rings (SSSR count). The fraction of sp³-hybridized carbons (Fsp3) is 0.455. The average molecular weight is 416 g/mol. The van der Waals surface area contributed by atoms with Gasteiger partial charge in [-0.3, -0.25) is 0 Å². The van der Waals surface area contributed by atoms with E-state index in [1.165, 1.54) is 0 Å². The Balaban J connectivity index is 2.95. The number of anilines is 1. The van der Waals surface area contributed by atoms with Crippen LogP contribution in [-0.4, -0.2) is 27.7 Å². The molecule has 1 aromatic rings. The van der Waals surface area contributed by atoms with Crippen molar-refractivity contribution in [1.29, 1.82) is 0 Å². The summed E-state index contributed by atoms with van der Waals surface area (Å²) >= 11 is 6.42. The summed E-state index contributed by atoms with van der Waals surface area (Å²) in [5, 5.41) is 0. The number of rotatable bonds is 6. The highest BCUT2D eigenvalue weighted by Crippen LogP contribution is 2.32. The highest BCUT2D eigenvalue weighted by molar-refractivity contribution is 9.11. The van der Waals surface area contributed by atoms with Crippen molar-refractivity contribution in [1.82, 2.24) is 4.72 Å². The Kier molecular flexibility index (Phi) is 6.25. The van der Waals surface area contributed by atoms with E-state index in [-0.39, 0.29) is 17.5 Å². The van der Waals surface area contributed by atoms with Crippen molar-refractivity contribution in [3.8, 4) is 0 Å². The Morgan fingerprint density at radius 3 is 2.37 bits per heavy atom. The molecule has 1 atom stereocenters. The summed E-state index contributed by atoms with van der Waals surface area (Å²) in [4.78, 5) is 0.130. The third kappa shape index (κ3) is 4.71. The van der Waals surface area contributed by atoms with Crippen LogP contribution in [0.4, 0.5) is 5.69 Å². The van der Waals surface area contributed by atoms with E-state index in [9.17, 15) is 8.42 Å². The minimum atomic E-state index is -3.63. The van der Waals surface area contributed by atoms with Crippen molar-refractivity contribution in [3.63, 3.8) is 0 Å². The number of nitrogen functional groups attached to an aromatic ring is 1. The SMILES string of the molecule is CCOC(C)CNS(=O)(=O)c1c(Br)cc(N)cc1Br. The second kappa shape index (κ2) is 7.03. The molecule has 19 heavy (non-hydrogen) atoms. The predicted molar refractivity (Wildman–Crippen MR) is 82.5 cm³/mol. The predicted octanol–water partition coefficient (Wildman–Crippen LogP) is 2.50. The van der Waals surface area contributed by atoms with Gasteiger partial charge in [-0.1, -0.05) is 0 Å². The first-order chi connectivity index (χ1) is 8.77. The zero-order valence-corrected chi connectivity index (χ0v) is 14.6. The smallest absolute Gasteiger partial charge is 0.242 e. The third-order valence-electron chi connectivity index (χ3n) is 2.30. The molecule has 0 aliphatic carbocycles. The molecule has 0 saturated heterocycles. The van der Waals surface area contributed by atoms with Crippen LogP contribution in [0.25, 0.3) is 0 Å². The molecule has 0 radical (unpaired) electrons. The number of benzene rings is 1. The van der Waals surface area contributed by atoms with E-state index in [4.69, 9.17) is 10.5 Å². The summed E-state index contributed by atoms with van der Waals surface area (Å²) in [7, 11) is -3.63. The number of hydrogen-bond acceptors (Lipinski definition) is 4. The first kappa shape index (κ1) is 16.9. The van der Waals surface area contributed by atoms with E-state index in [0.717, 1.165) is 0 Å². The molecule has 8 heteroatoms. The number of hydrogen-bond donors (Lipinski definition) is 2. The molecule has 1 aromatic carbocycles. The second-order valence-electron chi connectivity index (χ2n) is 3.93. The normalized spacial score (nSPS) is 13.5. The Hall–Kier alpha value is -0.150. The zero-order valence-electron chi connectivity index (χ0n) is 10.6. The van der Waals surface area contributed by atoms with E-state index in [2.05, 4.69) is 36.6 Å². The van der Waals surface area contributed by atoms with Crippen LogP contribution in [0.1, 0.15) is 13.8 Å². The Morgan fingerprint density at radius 1 is 1.37 bits per heavy atom. The lowest BCUT2D eigenvalue weighted by Crippen LogP contribution is -2.32. The lowest BCUT2D eigenvalue weighted by Gasteiger charge is -2.15. The van der Waals surface area contributed by atoms with E-state index in [0.29, 0.717) is 21.2 Å². The standard InChI is InChI=1S/C11H16Br2N2O3S/c1-3-18-7(2)6-15-19(16,17)11-9(12)4-8(14)5-10(11)13/h4-5,7,15H,3,6,14H2,1-2H3. The molecular formula is C11H16Br2N2O3S. The zero-order chi connectivity index (χ0) is 14.6. The van der Waals surface area contributed by atoms with Crippen LogP contribution in [0, 0.1) is 0 Å². The fourth-order valence-corrected chi connectivity index (χ4v) is 5.21. The average Bonchev–Trinajstić information content (AvgIpc) is 2.25. The summed E-state index contributed by atoms with van der Waals surface area (Å²) in [6.45, 7) is 4.41. The number of halogens is 2. The van der Waals surface area contributed by atoms with Gasteiger partial charge in [-0.2, -0.15) is 0 Å². The first-order valence-corrected chi connectivity index (χ1v) is 8.70. The summed E-state index contributed by atoms with van der Waals surface area (Å²) in [6.07, 6.45) is -0.189. The van der Waals surface area contributed by atoms with Crippen molar-refractivity contribution in [2.24, 2.45) is 0 Å². The highest BCUT2D eigenvalue weighted by atomic mass is 79.9. The van der Waals surface area contributed by atoms with E-state index in [1.54, 1.807) is 19.1 Å². The van der Waals surface area contributed by atoms with E-state index >= 15 is 0 Å². The van der Waals surface area contributed by atoms with Gasteiger partial charge in [0.15, 0.2) is 0 Å². The van der Waals surface area contributed by atoms with Gasteiger partial charge < -0.3 is 10.5 Å². The number of nitrogens with one attached hydrogen (secondary N) is 1. The van der Waals surface area contributed by atoms with E-state index in [1.807, 2.05) is 6.92 Å². The fourth-order valence-electron chi connectivity index (χ4n) is 1.48. The van der Waals surface area contributed by atoms with Crippen LogP contribution in [0.2, 0.25) is 0 Å². The van der Waals surface area contributed by atoms with E-state index < -0.39 is 10.0 Å². The van der Waals surface area contributed by atoms with Crippen molar-refractivity contribution in [3.05, 3.63) is 21.1 Å². The molecule has 0 bridgehead atoms. The Labute approximate surface area is 130 Å². The highest BCUT2D eigenvalue weighted by Gasteiger charge is 2.22. The van der Waals surface area contributed by atoms with Gasteiger partial charge in [0, 0.05) is 27.8 Å². The largest absolute Gasteiger partial charge is 0.399 e. The molecule has 3 N–H and O–H groups in total. The third-order valence-corrected chi connectivity index (χ3v) is 5.60. The lowest BCUT2D eigenvalue weighted by atomic mass is 10.3. The molecule has 0 fully saturated rings. The van der Waals surface area contributed by atoms with Gasteiger partial charge in [0.05, 0.1) is 6.10 Å². The minimum Gasteiger partial charge on any atom is -0.399 e. The maximum Gasteiger partial charge on any atom is 0.242 e. The lowest BCUT2D eigenvalue weighted by molar-refractivity contribution is 0.0799.